The molecule has 0 saturated carbocycles. The van der Waals surface area contributed by atoms with E-state index in [0.29, 0.717) is 25.5 Å². The van der Waals surface area contributed by atoms with Crippen molar-refractivity contribution in [3.8, 4) is 0 Å². The van der Waals surface area contributed by atoms with Gasteiger partial charge in [0.1, 0.15) is 0 Å². The Balaban J connectivity index is 1.87. The van der Waals surface area contributed by atoms with Crippen LogP contribution in [0.25, 0.3) is 0 Å². The molecule has 3 heterocycles. The van der Waals surface area contributed by atoms with E-state index < -0.39 is 5.60 Å². The molecule has 2 aliphatic heterocycles. The maximum Gasteiger partial charge on any atom is 0.165 e. The summed E-state index contributed by atoms with van der Waals surface area (Å²) < 4.78 is 19.5. The Morgan fingerprint density at radius 1 is 1.55 bits per heavy atom. The van der Waals surface area contributed by atoms with Gasteiger partial charge < -0.3 is 14.7 Å². The first kappa shape index (κ1) is 13.8. The summed E-state index contributed by atoms with van der Waals surface area (Å²) in [4.78, 5) is 6.18. The van der Waals surface area contributed by atoms with Crippen LogP contribution in [0.1, 0.15) is 26.2 Å². The normalized spacial score (nSPS) is 34.5. The SMILES string of the molecule is CC1(O)CCOCC1C1CCCN1c1ncccc1F. The summed E-state index contributed by atoms with van der Waals surface area (Å²) in [6.07, 6.45) is 4.18. The Morgan fingerprint density at radius 2 is 2.40 bits per heavy atom. The molecule has 4 nitrogen and oxygen atoms in total. The minimum atomic E-state index is -0.753. The number of hydrogen-bond acceptors (Lipinski definition) is 4. The number of hydrogen-bond donors (Lipinski definition) is 1. The summed E-state index contributed by atoms with van der Waals surface area (Å²) in [5.74, 6) is 0.104. The average molecular weight is 280 g/mol. The van der Waals surface area contributed by atoms with Gasteiger partial charge in [-0.2, -0.15) is 0 Å². The highest BCUT2D eigenvalue weighted by Gasteiger charge is 2.44. The lowest BCUT2D eigenvalue weighted by molar-refractivity contribution is -0.108. The molecule has 20 heavy (non-hydrogen) atoms. The summed E-state index contributed by atoms with van der Waals surface area (Å²) in [5, 5.41) is 10.6. The van der Waals surface area contributed by atoms with Gasteiger partial charge in [-0.15, -0.1) is 0 Å². The van der Waals surface area contributed by atoms with Crippen molar-refractivity contribution in [2.45, 2.75) is 37.8 Å². The Kier molecular flexibility index (Phi) is 3.65. The fourth-order valence-electron chi connectivity index (χ4n) is 3.44. The number of halogens is 1. The molecule has 0 bridgehead atoms. The monoisotopic (exact) mass is 280 g/mol. The van der Waals surface area contributed by atoms with E-state index in [0.717, 1.165) is 19.4 Å². The van der Waals surface area contributed by atoms with Gasteiger partial charge in [-0.3, -0.25) is 0 Å². The number of pyridine rings is 1. The minimum Gasteiger partial charge on any atom is -0.390 e. The topological polar surface area (TPSA) is 45.6 Å². The Morgan fingerprint density at radius 3 is 3.15 bits per heavy atom. The predicted octanol–water partition coefficient (Wildman–Crippen LogP) is 1.98. The molecule has 2 saturated heterocycles. The second-order valence-corrected chi connectivity index (χ2v) is 6.00. The van der Waals surface area contributed by atoms with Gasteiger partial charge in [-0.25, -0.2) is 9.37 Å². The van der Waals surface area contributed by atoms with Crippen molar-refractivity contribution in [2.24, 2.45) is 5.92 Å². The van der Waals surface area contributed by atoms with E-state index in [1.54, 1.807) is 12.3 Å². The van der Waals surface area contributed by atoms with Crippen LogP contribution in [0.2, 0.25) is 0 Å². The van der Waals surface area contributed by atoms with E-state index in [-0.39, 0.29) is 17.8 Å². The molecule has 0 amide bonds. The third-order valence-corrected chi connectivity index (χ3v) is 4.62. The number of aliphatic hydroxyl groups is 1. The number of aromatic nitrogens is 1. The van der Waals surface area contributed by atoms with Crippen LogP contribution in [0.4, 0.5) is 10.2 Å². The highest BCUT2D eigenvalue weighted by atomic mass is 19.1. The number of rotatable bonds is 2. The van der Waals surface area contributed by atoms with Gasteiger partial charge in [0.05, 0.1) is 12.2 Å². The molecule has 0 radical (unpaired) electrons. The molecule has 1 aromatic heterocycles. The lowest BCUT2D eigenvalue weighted by Gasteiger charge is -2.43. The molecule has 0 aromatic carbocycles. The molecule has 1 aromatic rings. The molecule has 2 aliphatic rings. The number of anilines is 1. The largest absolute Gasteiger partial charge is 0.390 e. The van der Waals surface area contributed by atoms with E-state index in [4.69, 9.17) is 4.74 Å². The summed E-state index contributed by atoms with van der Waals surface area (Å²) in [5.41, 5.74) is -0.753. The van der Waals surface area contributed by atoms with Gasteiger partial charge in [0, 0.05) is 31.3 Å². The van der Waals surface area contributed by atoms with Gasteiger partial charge in [-0.1, -0.05) is 0 Å². The maximum absolute atomic E-state index is 14.0. The van der Waals surface area contributed by atoms with E-state index in [1.165, 1.54) is 6.07 Å². The standard InChI is InChI=1S/C15H21FN2O2/c1-15(19)6-9-20-10-11(15)13-5-3-8-18(13)14-12(16)4-2-7-17-14/h2,4,7,11,13,19H,3,5-6,8-10H2,1H3. The Labute approximate surface area is 118 Å². The molecule has 3 atom stereocenters. The third kappa shape index (κ3) is 2.40. The molecule has 1 N–H and O–H groups in total. The van der Waals surface area contributed by atoms with Crippen LogP contribution in [-0.4, -0.2) is 41.5 Å². The summed E-state index contributed by atoms with van der Waals surface area (Å²) >= 11 is 0. The van der Waals surface area contributed by atoms with Gasteiger partial charge in [0.15, 0.2) is 11.6 Å². The molecule has 110 valence electrons. The van der Waals surface area contributed by atoms with Crippen LogP contribution in [-0.2, 0) is 4.74 Å². The van der Waals surface area contributed by atoms with E-state index >= 15 is 0 Å². The van der Waals surface area contributed by atoms with E-state index in [9.17, 15) is 9.50 Å². The first-order valence-electron chi connectivity index (χ1n) is 7.27. The molecule has 3 rings (SSSR count). The molecule has 2 fully saturated rings. The fourth-order valence-corrected chi connectivity index (χ4v) is 3.44. The van der Waals surface area contributed by atoms with Gasteiger partial charge in [0.2, 0.25) is 0 Å². The van der Waals surface area contributed by atoms with Crippen molar-refractivity contribution in [1.29, 1.82) is 0 Å². The molecular weight excluding hydrogens is 259 g/mol. The van der Waals surface area contributed by atoms with E-state index in [2.05, 4.69) is 4.98 Å². The van der Waals surface area contributed by atoms with Crippen LogP contribution in [0.5, 0.6) is 0 Å². The lowest BCUT2D eigenvalue weighted by Crippen LogP contribution is -2.52. The van der Waals surface area contributed by atoms with Crippen molar-refractivity contribution in [1.82, 2.24) is 4.98 Å². The zero-order chi connectivity index (χ0) is 14.2. The van der Waals surface area contributed by atoms with E-state index in [1.807, 2.05) is 11.8 Å². The zero-order valence-electron chi connectivity index (χ0n) is 11.8. The Bertz CT molecular complexity index is 481. The highest BCUT2D eigenvalue weighted by Crippen LogP contribution is 2.37. The van der Waals surface area contributed by atoms with Crippen molar-refractivity contribution < 1.29 is 14.2 Å². The van der Waals surface area contributed by atoms with Crippen molar-refractivity contribution in [3.05, 3.63) is 24.1 Å². The van der Waals surface area contributed by atoms with Crippen molar-refractivity contribution in [2.75, 3.05) is 24.7 Å². The number of ether oxygens (including phenoxy) is 1. The summed E-state index contributed by atoms with van der Waals surface area (Å²) in [6.45, 7) is 3.77. The van der Waals surface area contributed by atoms with Gasteiger partial charge >= 0.3 is 0 Å². The molecule has 0 aliphatic carbocycles. The molecule has 0 spiro atoms. The first-order chi connectivity index (χ1) is 9.59. The first-order valence-corrected chi connectivity index (χ1v) is 7.27. The zero-order valence-corrected chi connectivity index (χ0v) is 11.8. The van der Waals surface area contributed by atoms with Crippen molar-refractivity contribution >= 4 is 5.82 Å². The maximum atomic E-state index is 14.0. The average Bonchev–Trinajstić information content (AvgIpc) is 2.87. The van der Waals surface area contributed by atoms with Crippen LogP contribution < -0.4 is 4.90 Å². The predicted molar refractivity (Wildman–Crippen MR) is 74.1 cm³/mol. The Hall–Kier alpha value is -1.20. The lowest BCUT2D eigenvalue weighted by atomic mass is 9.79. The van der Waals surface area contributed by atoms with Gasteiger partial charge in [0.25, 0.3) is 0 Å². The van der Waals surface area contributed by atoms with Crippen LogP contribution in [0, 0.1) is 11.7 Å². The fraction of sp³-hybridized carbons (Fsp3) is 0.667. The minimum absolute atomic E-state index is 0.000145. The smallest absolute Gasteiger partial charge is 0.165 e. The van der Waals surface area contributed by atoms with Crippen LogP contribution in [0.15, 0.2) is 18.3 Å². The molecule has 3 unspecified atom stereocenters. The van der Waals surface area contributed by atoms with Crippen LogP contribution >= 0.6 is 0 Å². The third-order valence-electron chi connectivity index (χ3n) is 4.62. The summed E-state index contributed by atoms with van der Waals surface area (Å²) in [6, 6.07) is 3.13. The second kappa shape index (κ2) is 5.30. The quantitative estimate of drug-likeness (QED) is 0.899. The van der Waals surface area contributed by atoms with Crippen molar-refractivity contribution in [3.63, 3.8) is 0 Å². The summed E-state index contributed by atoms with van der Waals surface area (Å²) in [7, 11) is 0. The van der Waals surface area contributed by atoms with Gasteiger partial charge in [-0.05, 0) is 38.3 Å². The molecule has 5 heteroatoms. The molecular formula is C15H21FN2O2. The highest BCUT2D eigenvalue weighted by molar-refractivity contribution is 5.42. The van der Waals surface area contributed by atoms with Crippen LogP contribution in [0.3, 0.4) is 0 Å². The second-order valence-electron chi connectivity index (χ2n) is 6.00. The number of nitrogens with zero attached hydrogens (tertiary/aromatic N) is 2.